The molecule has 2 aromatic rings. The highest BCUT2D eigenvalue weighted by atomic mass is 32.2. The van der Waals surface area contributed by atoms with Gasteiger partial charge in [-0.2, -0.15) is 4.31 Å². The van der Waals surface area contributed by atoms with E-state index in [1.54, 1.807) is 16.4 Å². The number of nitrogens with zero attached hydrogens (tertiary/aromatic N) is 2. The lowest BCUT2D eigenvalue weighted by Gasteiger charge is -2.33. The number of sulfonamides is 1. The molecule has 1 aromatic heterocycles. The van der Waals surface area contributed by atoms with Gasteiger partial charge in [-0.05, 0) is 36.8 Å². The number of benzene rings is 1. The van der Waals surface area contributed by atoms with Crippen LogP contribution in [0.25, 0.3) is 0 Å². The monoisotopic (exact) mass is 437 g/mol. The lowest BCUT2D eigenvalue weighted by atomic mass is 10.2. The highest BCUT2D eigenvalue weighted by Crippen LogP contribution is 2.26. The summed E-state index contributed by atoms with van der Waals surface area (Å²) in [6.07, 6.45) is 0. The molecule has 0 spiro atoms. The Bertz CT molecular complexity index is 917. The van der Waals surface area contributed by atoms with E-state index in [4.69, 9.17) is 4.74 Å². The molecule has 0 unspecified atom stereocenters. The lowest BCUT2D eigenvalue weighted by Crippen LogP contribution is -2.48. The van der Waals surface area contributed by atoms with E-state index >= 15 is 0 Å². The number of piperazine rings is 1. The van der Waals surface area contributed by atoms with E-state index in [1.165, 1.54) is 23.8 Å². The van der Waals surface area contributed by atoms with E-state index in [-0.39, 0.29) is 5.91 Å². The van der Waals surface area contributed by atoms with Crippen molar-refractivity contribution in [3.63, 3.8) is 0 Å². The van der Waals surface area contributed by atoms with Gasteiger partial charge in [0.15, 0.2) is 0 Å². The first-order chi connectivity index (χ1) is 13.9. The van der Waals surface area contributed by atoms with E-state index in [0.29, 0.717) is 43.5 Å². The molecule has 0 aliphatic carbocycles. The van der Waals surface area contributed by atoms with E-state index in [9.17, 15) is 13.2 Å². The third kappa shape index (κ3) is 5.79. The van der Waals surface area contributed by atoms with E-state index < -0.39 is 10.0 Å². The summed E-state index contributed by atoms with van der Waals surface area (Å²) in [5.41, 5.74) is 1.19. The SMILES string of the molecule is CCOc1ccc(CN2CCN(S(=O)(=O)c3ccc(CNC(C)=O)s3)CC2)cc1. The number of nitrogens with one attached hydrogen (secondary N) is 1. The van der Waals surface area contributed by atoms with Gasteiger partial charge in [-0.25, -0.2) is 8.42 Å². The molecule has 1 aromatic carbocycles. The minimum absolute atomic E-state index is 0.133. The van der Waals surface area contributed by atoms with Crippen LogP contribution >= 0.6 is 11.3 Å². The van der Waals surface area contributed by atoms with Gasteiger partial charge in [-0.3, -0.25) is 9.69 Å². The predicted molar refractivity (Wildman–Crippen MR) is 113 cm³/mol. The van der Waals surface area contributed by atoms with Gasteiger partial charge in [0.2, 0.25) is 5.91 Å². The van der Waals surface area contributed by atoms with Crippen molar-refractivity contribution in [3.05, 3.63) is 46.8 Å². The first-order valence-electron chi connectivity index (χ1n) is 9.66. The molecule has 3 rings (SSSR count). The Hall–Kier alpha value is -1.94. The van der Waals surface area contributed by atoms with Crippen molar-refractivity contribution in [2.45, 2.75) is 31.1 Å². The van der Waals surface area contributed by atoms with Crippen molar-refractivity contribution in [1.29, 1.82) is 0 Å². The summed E-state index contributed by atoms with van der Waals surface area (Å²) < 4.78 is 33.2. The van der Waals surface area contributed by atoms with Crippen LogP contribution in [0.3, 0.4) is 0 Å². The molecule has 29 heavy (non-hydrogen) atoms. The molecule has 1 amide bonds. The third-order valence-corrected chi connectivity index (χ3v) is 8.17. The van der Waals surface area contributed by atoms with Crippen molar-refractivity contribution in [2.24, 2.45) is 0 Å². The van der Waals surface area contributed by atoms with Gasteiger partial charge in [0.1, 0.15) is 9.96 Å². The topological polar surface area (TPSA) is 79.0 Å². The molecular weight excluding hydrogens is 410 g/mol. The average Bonchev–Trinajstić information content (AvgIpc) is 3.19. The minimum Gasteiger partial charge on any atom is -0.494 e. The maximum absolute atomic E-state index is 12.9. The number of ether oxygens (including phenoxy) is 1. The summed E-state index contributed by atoms with van der Waals surface area (Å²) in [4.78, 5) is 14.1. The predicted octanol–water partition coefficient (Wildman–Crippen LogP) is 2.29. The van der Waals surface area contributed by atoms with Gasteiger partial charge in [-0.15, -0.1) is 11.3 Å². The quantitative estimate of drug-likeness (QED) is 0.686. The maximum Gasteiger partial charge on any atom is 0.252 e. The molecule has 0 atom stereocenters. The Morgan fingerprint density at radius 1 is 1.10 bits per heavy atom. The zero-order valence-electron chi connectivity index (χ0n) is 16.8. The summed E-state index contributed by atoms with van der Waals surface area (Å²) in [6, 6.07) is 11.4. The maximum atomic E-state index is 12.9. The van der Waals surface area contributed by atoms with Gasteiger partial charge >= 0.3 is 0 Å². The summed E-state index contributed by atoms with van der Waals surface area (Å²) in [6.45, 7) is 7.52. The number of thiophene rings is 1. The fourth-order valence-electron chi connectivity index (χ4n) is 3.17. The van der Waals surface area contributed by atoms with Crippen molar-refractivity contribution in [2.75, 3.05) is 32.8 Å². The largest absolute Gasteiger partial charge is 0.494 e. The van der Waals surface area contributed by atoms with Crippen molar-refractivity contribution in [1.82, 2.24) is 14.5 Å². The van der Waals surface area contributed by atoms with Crippen molar-refractivity contribution in [3.8, 4) is 5.75 Å². The second kappa shape index (κ2) is 9.71. The molecule has 158 valence electrons. The first-order valence-corrected chi connectivity index (χ1v) is 11.9. The molecule has 0 radical (unpaired) electrons. The van der Waals surface area contributed by atoms with Gasteiger partial charge < -0.3 is 10.1 Å². The molecule has 1 aliphatic rings. The van der Waals surface area contributed by atoms with Crippen molar-refractivity contribution >= 4 is 27.3 Å². The molecule has 1 aliphatic heterocycles. The molecule has 9 heteroatoms. The van der Waals surface area contributed by atoms with E-state index in [1.807, 2.05) is 19.1 Å². The highest BCUT2D eigenvalue weighted by molar-refractivity contribution is 7.91. The number of amides is 1. The van der Waals surface area contributed by atoms with E-state index in [2.05, 4.69) is 22.3 Å². The minimum atomic E-state index is -3.49. The summed E-state index contributed by atoms with van der Waals surface area (Å²) in [7, 11) is -3.49. The number of rotatable bonds is 8. The molecule has 0 bridgehead atoms. The Kier molecular flexibility index (Phi) is 7.28. The van der Waals surface area contributed by atoms with Crippen LogP contribution in [0.15, 0.2) is 40.6 Å². The van der Waals surface area contributed by atoms with Crippen molar-refractivity contribution < 1.29 is 17.9 Å². The van der Waals surface area contributed by atoms with Crippen LogP contribution in [0.4, 0.5) is 0 Å². The number of carbonyl (C=O) groups is 1. The molecular formula is C20H27N3O4S2. The zero-order chi connectivity index (χ0) is 20.9. The highest BCUT2D eigenvalue weighted by Gasteiger charge is 2.29. The molecule has 7 nitrogen and oxygen atoms in total. The van der Waals surface area contributed by atoms with Crippen LogP contribution in [0.1, 0.15) is 24.3 Å². The van der Waals surface area contributed by atoms with Crippen LogP contribution < -0.4 is 10.1 Å². The van der Waals surface area contributed by atoms with Crippen LogP contribution in [0.5, 0.6) is 5.75 Å². The van der Waals surface area contributed by atoms with E-state index in [0.717, 1.165) is 17.2 Å². The van der Waals surface area contributed by atoms with Crippen LogP contribution in [0, 0.1) is 0 Å². The smallest absolute Gasteiger partial charge is 0.252 e. The summed E-state index contributed by atoms with van der Waals surface area (Å²) in [5, 5.41) is 2.69. The fraction of sp³-hybridized carbons (Fsp3) is 0.450. The Labute approximate surface area is 176 Å². The number of hydrogen-bond donors (Lipinski definition) is 1. The second-order valence-electron chi connectivity index (χ2n) is 6.89. The number of hydrogen-bond acceptors (Lipinski definition) is 6. The molecule has 0 saturated carbocycles. The number of carbonyl (C=O) groups excluding carboxylic acids is 1. The first kappa shape index (κ1) is 21.8. The van der Waals surface area contributed by atoms with Gasteiger partial charge in [0, 0.05) is 44.5 Å². The molecule has 1 fully saturated rings. The normalized spacial score (nSPS) is 15.9. The summed E-state index contributed by atoms with van der Waals surface area (Å²) >= 11 is 1.21. The van der Waals surface area contributed by atoms with Gasteiger partial charge in [0.05, 0.1) is 13.2 Å². The summed E-state index contributed by atoms with van der Waals surface area (Å²) in [5.74, 6) is 0.729. The fourth-order valence-corrected chi connectivity index (χ4v) is 6.05. The van der Waals surface area contributed by atoms with Gasteiger partial charge in [-0.1, -0.05) is 12.1 Å². The van der Waals surface area contributed by atoms with Crippen LogP contribution in [-0.4, -0.2) is 56.3 Å². The average molecular weight is 438 g/mol. The Morgan fingerprint density at radius 2 is 1.79 bits per heavy atom. The Balaban J connectivity index is 1.54. The Morgan fingerprint density at radius 3 is 2.41 bits per heavy atom. The third-order valence-electron chi connectivity index (χ3n) is 4.71. The van der Waals surface area contributed by atoms with Crippen LogP contribution in [0.2, 0.25) is 0 Å². The van der Waals surface area contributed by atoms with Gasteiger partial charge in [0.25, 0.3) is 10.0 Å². The van der Waals surface area contributed by atoms with Crippen LogP contribution in [-0.2, 0) is 27.9 Å². The standard InChI is InChI=1S/C20H27N3O4S2/c1-3-27-18-6-4-17(5-7-18)15-22-10-12-23(13-11-22)29(25,26)20-9-8-19(28-20)14-21-16(2)24/h4-9H,3,10-15H2,1-2H3,(H,21,24). The zero-order valence-corrected chi connectivity index (χ0v) is 18.4. The molecule has 1 saturated heterocycles. The molecule has 2 heterocycles. The second-order valence-corrected chi connectivity index (χ2v) is 10.2. The lowest BCUT2D eigenvalue weighted by molar-refractivity contribution is -0.119. The molecule has 1 N–H and O–H groups in total.